The average Bonchev–Trinajstić information content (AvgIpc) is 1.87. The Morgan fingerprint density at radius 1 is 1.33 bits per heavy atom. The van der Waals surface area contributed by atoms with Crippen molar-refractivity contribution in [3.05, 3.63) is 0 Å². The summed E-state index contributed by atoms with van der Waals surface area (Å²) in [6.07, 6.45) is 3.68. The molecule has 0 bridgehead atoms. The van der Waals surface area contributed by atoms with Crippen LogP contribution in [-0.4, -0.2) is 6.21 Å². The summed E-state index contributed by atoms with van der Waals surface area (Å²) < 4.78 is 0. The molecule has 0 aromatic heterocycles. The zero-order valence-electron chi connectivity index (χ0n) is 6.65. The van der Waals surface area contributed by atoms with Gasteiger partial charge in [0.2, 0.25) is 0 Å². The molecule has 0 spiro atoms. The lowest BCUT2D eigenvalue weighted by Gasteiger charge is -2.14. The third kappa shape index (κ3) is 3.28. The van der Waals surface area contributed by atoms with Gasteiger partial charge < -0.3 is 5.41 Å². The van der Waals surface area contributed by atoms with Gasteiger partial charge in [-0.05, 0) is 24.5 Å². The summed E-state index contributed by atoms with van der Waals surface area (Å²) in [6.45, 7) is 6.65. The second-order valence-corrected chi connectivity index (χ2v) is 2.80. The highest BCUT2D eigenvalue weighted by Gasteiger charge is 2.07. The van der Waals surface area contributed by atoms with Crippen LogP contribution in [-0.2, 0) is 0 Å². The van der Waals surface area contributed by atoms with Gasteiger partial charge in [-0.25, -0.2) is 0 Å². The molecule has 9 heavy (non-hydrogen) atoms. The number of nitrogens with one attached hydrogen (secondary N) is 1. The average molecular weight is 127 g/mol. The van der Waals surface area contributed by atoms with E-state index in [1.165, 1.54) is 12.6 Å². The molecular weight excluding hydrogens is 110 g/mol. The molecule has 0 aliphatic heterocycles. The molecule has 0 saturated carbocycles. The highest BCUT2D eigenvalue weighted by Crippen LogP contribution is 2.16. The molecule has 1 nitrogen and oxygen atoms in total. The van der Waals surface area contributed by atoms with E-state index >= 15 is 0 Å². The van der Waals surface area contributed by atoms with Crippen molar-refractivity contribution in [1.29, 1.82) is 5.41 Å². The van der Waals surface area contributed by atoms with E-state index in [2.05, 4.69) is 20.8 Å². The van der Waals surface area contributed by atoms with Crippen LogP contribution in [0.3, 0.4) is 0 Å². The first-order valence-electron chi connectivity index (χ1n) is 3.71. The molecule has 2 atom stereocenters. The molecule has 54 valence electrons. The Hall–Kier alpha value is -0.330. The number of hydrogen-bond donors (Lipinski definition) is 1. The van der Waals surface area contributed by atoms with Crippen molar-refractivity contribution in [2.75, 3.05) is 0 Å². The molecule has 0 aromatic rings. The molecule has 0 amide bonds. The van der Waals surface area contributed by atoms with Crippen molar-refractivity contribution in [3.63, 3.8) is 0 Å². The summed E-state index contributed by atoms with van der Waals surface area (Å²) in [4.78, 5) is 0. The molecule has 1 heteroatoms. The summed E-state index contributed by atoms with van der Waals surface area (Å²) in [6, 6.07) is 0. The van der Waals surface area contributed by atoms with Gasteiger partial charge in [0, 0.05) is 0 Å². The van der Waals surface area contributed by atoms with Gasteiger partial charge in [-0.3, -0.25) is 0 Å². The van der Waals surface area contributed by atoms with Gasteiger partial charge in [-0.2, -0.15) is 0 Å². The molecule has 0 aliphatic rings. The van der Waals surface area contributed by atoms with Crippen LogP contribution in [0.2, 0.25) is 0 Å². The number of rotatable bonds is 4. The fourth-order valence-corrected chi connectivity index (χ4v) is 0.821. The lowest BCUT2D eigenvalue weighted by Crippen LogP contribution is -2.06. The van der Waals surface area contributed by atoms with E-state index in [1.54, 1.807) is 0 Å². The molecule has 0 radical (unpaired) electrons. The molecule has 0 saturated heterocycles. The summed E-state index contributed by atoms with van der Waals surface area (Å²) in [5.74, 6) is 1.46. The fourth-order valence-electron chi connectivity index (χ4n) is 0.821. The van der Waals surface area contributed by atoms with E-state index in [-0.39, 0.29) is 0 Å². The maximum atomic E-state index is 6.88. The zero-order chi connectivity index (χ0) is 7.28. The lowest BCUT2D eigenvalue weighted by molar-refractivity contribution is 0.390. The maximum Gasteiger partial charge on any atom is -0.00450 e. The van der Waals surface area contributed by atoms with E-state index < -0.39 is 0 Å². The van der Waals surface area contributed by atoms with Crippen LogP contribution in [0.15, 0.2) is 0 Å². The van der Waals surface area contributed by atoms with Crippen LogP contribution in [0, 0.1) is 17.2 Å². The van der Waals surface area contributed by atoms with Crippen LogP contribution in [0.1, 0.15) is 33.6 Å². The Bertz CT molecular complexity index is 78.6. The Morgan fingerprint density at radius 2 is 1.89 bits per heavy atom. The summed E-state index contributed by atoms with van der Waals surface area (Å²) in [5, 5.41) is 6.88. The molecule has 0 fully saturated rings. The first kappa shape index (κ1) is 8.67. The second-order valence-electron chi connectivity index (χ2n) is 2.80. The fraction of sp³-hybridized carbons (Fsp3) is 0.875. The predicted molar refractivity (Wildman–Crippen MR) is 42.0 cm³/mol. The Labute approximate surface area is 58.0 Å². The van der Waals surface area contributed by atoms with Crippen molar-refractivity contribution < 1.29 is 0 Å². The lowest BCUT2D eigenvalue weighted by atomic mass is 9.91. The summed E-state index contributed by atoms with van der Waals surface area (Å²) in [7, 11) is 0. The van der Waals surface area contributed by atoms with E-state index in [4.69, 9.17) is 5.41 Å². The Morgan fingerprint density at radius 3 is 2.22 bits per heavy atom. The van der Waals surface area contributed by atoms with E-state index in [9.17, 15) is 0 Å². The first-order valence-corrected chi connectivity index (χ1v) is 3.71. The van der Waals surface area contributed by atoms with Crippen molar-refractivity contribution in [3.8, 4) is 0 Å². The monoisotopic (exact) mass is 127 g/mol. The molecule has 0 heterocycles. The van der Waals surface area contributed by atoms with E-state index in [0.717, 1.165) is 12.3 Å². The van der Waals surface area contributed by atoms with Crippen LogP contribution in [0.25, 0.3) is 0 Å². The molecule has 0 rings (SSSR count). The maximum absolute atomic E-state index is 6.88. The van der Waals surface area contributed by atoms with Gasteiger partial charge in [0.1, 0.15) is 0 Å². The third-order valence-corrected chi connectivity index (χ3v) is 2.10. The van der Waals surface area contributed by atoms with Crippen LogP contribution >= 0.6 is 0 Å². The standard InChI is InChI=1S/C8H17N/c1-4-7(2)8(3)5-6-9/h6-9H,4-5H2,1-3H3. The third-order valence-electron chi connectivity index (χ3n) is 2.10. The molecule has 1 N–H and O–H groups in total. The SMILES string of the molecule is CCC(C)C(C)CC=N. The van der Waals surface area contributed by atoms with Crippen LogP contribution in [0.5, 0.6) is 0 Å². The van der Waals surface area contributed by atoms with Gasteiger partial charge >= 0.3 is 0 Å². The predicted octanol–water partition coefficient (Wildman–Crippen LogP) is 2.71. The van der Waals surface area contributed by atoms with Crippen molar-refractivity contribution in [2.45, 2.75) is 33.6 Å². The van der Waals surface area contributed by atoms with Gasteiger partial charge in [-0.15, -0.1) is 0 Å². The van der Waals surface area contributed by atoms with Crippen molar-refractivity contribution >= 4 is 6.21 Å². The smallest absolute Gasteiger partial charge is 0.00450 e. The Kier molecular flexibility index (Phi) is 4.37. The van der Waals surface area contributed by atoms with Gasteiger partial charge in [-0.1, -0.05) is 27.2 Å². The normalized spacial score (nSPS) is 16.8. The van der Waals surface area contributed by atoms with E-state index in [0.29, 0.717) is 5.92 Å². The quantitative estimate of drug-likeness (QED) is 0.561. The summed E-state index contributed by atoms with van der Waals surface area (Å²) in [5.41, 5.74) is 0. The van der Waals surface area contributed by atoms with Gasteiger partial charge in [0.05, 0.1) is 0 Å². The molecule has 0 aromatic carbocycles. The second kappa shape index (κ2) is 4.54. The van der Waals surface area contributed by atoms with Crippen molar-refractivity contribution in [1.82, 2.24) is 0 Å². The zero-order valence-corrected chi connectivity index (χ0v) is 6.65. The van der Waals surface area contributed by atoms with E-state index in [1.807, 2.05) is 0 Å². The molecule has 0 aliphatic carbocycles. The first-order chi connectivity index (χ1) is 4.22. The van der Waals surface area contributed by atoms with Gasteiger partial charge in [0.15, 0.2) is 0 Å². The number of hydrogen-bond acceptors (Lipinski definition) is 1. The van der Waals surface area contributed by atoms with Crippen LogP contribution < -0.4 is 0 Å². The molecule has 2 unspecified atom stereocenters. The largest absolute Gasteiger partial charge is 0.313 e. The minimum atomic E-state index is 0.687. The van der Waals surface area contributed by atoms with Crippen molar-refractivity contribution in [2.24, 2.45) is 11.8 Å². The minimum Gasteiger partial charge on any atom is -0.313 e. The minimum absolute atomic E-state index is 0.687. The Balaban J connectivity index is 3.44. The highest BCUT2D eigenvalue weighted by molar-refractivity contribution is 5.53. The van der Waals surface area contributed by atoms with Crippen LogP contribution in [0.4, 0.5) is 0 Å². The highest BCUT2D eigenvalue weighted by atomic mass is 14.3. The molecular formula is C8H17N. The summed E-state index contributed by atoms with van der Waals surface area (Å²) >= 11 is 0. The van der Waals surface area contributed by atoms with Gasteiger partial charge in [0.25, 0.3) is 0 Å². The topological polar surface area (TPSA) is 23.9 Å².